The molecule has 0 amide bonds. The first-order valence-electron chi connectivity index (χ1n) is 6.43. The van der Waals surface area contributed by atoms with Crippen LogP contribution in [0.15, 0.2) is 30.3 Å². The highest BCUT2D eigenvalue weighted by Crippen LogP contribution is 2.18. The van der Waals surface area contributed by atoms with Gasteiger partial charge in [-0.1, -0.05) is 30.3 Å². The van der Waals surface area contributed by atoms with Crippen LogP contribution < -0.4 is 10.7 Å². The molecule has 1 aliphatic heterocycles. The van der Waals surface area contributed by atoms with Crippen LogP contribution >= 0.6 is 12.2 Å². The lowest BCUT2D eigenvalue weighted by molar-refractivity contribution is 0.193. The first kappa shape index (κ1) is 13.3. The summed E-state index contributed by atoms with van der Waals surface area (Å²) >= 11 is 5.35. The topological polar surface area (TPSA) is 27.3 Å². The molecule has 1 saturated heterocycles. The molecule has 2 N–H and O–H groups in total. The van der Waals surface area contributed by atoms with Gasteiger partial charge in [-0.25, -0.2) is 5.43 Å². The molecule has 1 atom stereocenters. The van der Waals surface area contributed by atoms with Crippen LogP contribution in [0.3, 0.4) is 0 Å². The summed E-state index contributed by atoms with van der Waals surface area (Å²) < 4.78 is 0. The number of rotatable bonds is 4. The zero-order chi connectivity index (χ0) is 13.2. The minimum atomic E-state index is -0.142. The Bertz CT molecular complexity index is 418. The number of thiocarbonyl (C=S) groups is 1. The highest BCUT2D eigenvalue weighted by atomic mass is 32.1. The van der Waals surface area contributed by atoms with E-state index in [9.17, 15) is 0 Å². The fourth-order valence-electron chi connectivity index (χ4n) is 2.16. The summed E-state index contributed by atoms with van der Waals surface area (Å²) in [6.07, 6.45) is 2.03. The van der Waals surface area contributed by atoms with Crippen molar-refractivity contribution in [3.05, 3.63) is 35.9 Å². The Hall–Kier alpha value is -1.13. The summed E-state index contributed by atoms with van der Waals surface area (Å²) in [5, 5.41) is 6.20. The summed E-state index contributed by atoms with van der Waals surface area (Å²) in [4.78, 5) is 0. The smallest absolute Gasteiger partial charge is 0.185 e. The average molecular weight is 263 g/mol. The maximum absolute atomic E-state index is 5.35. The molecule has 4 heteroatoms. The highest BCUT2D eigenvalue weighted by molar-refractivity contribution is 7.80. The number of aryl methyl sites for hydroxylation is 1. The first-order valence-corrected chi connectivity index (χ1v) is 6.84. The molecule has 1 aliphatic rings. The summed E-state index contributed by atoms with van der Waals surface area (Å²) in [5.74, 6) is 0. The van der Waals surface area contributed by atoms with Gasteiger partial charge in [-0.3, -0.25) is 5.01 Å². The number of nitrogens with one attached hydrogen (secondary N) is 2. The molecule has 0 aromatic heterocycles. The summed E-state index contributed by atoms with van der Waals surface area (Å²) in [6, 6.07) is 10.9. The third kappa shape index (κ3) is 3.00. The lowest BCUT2D eigenvalue weighted by atomic mass is 10.0. The van der Waals surface area contributed by atoms with Gasteiger partial charge in [0.1, 0.15) is 5.66 Å². The standard InChI is InChI=1S/C14H21N3S/c1-11(2)17-13(18)15-14(3,16-17)10-9-12-7-5-4-6-8-12/h4-8,11,16H,9-10H2,1-3H3,(H,15,18)/t14-/m1/s1. The predicted octanol–water partition coefficient (Wildman–Crippen LogP) is 2.44. The Morgan fingerprint density at radius 3 is 2.50 bits per heavy atom. The molecular weight excluding hydrogens is 242 g/mol. The van der Waals surface area contributed by atoms with Crippen LogP contribution in [-0.4, -0.2) is 21.8 Å². The van der Waals surface area contributed by atoms with Gasteiger partial charge in [-0.15, -0.1) is 0 Å². The number of nitrogens with zero attached hydrogens (tertiary/aromatic N) is 1. The van der Waals surface area contributed by atoms with Crippen molar-refractivity contribution in [1.29, 1.82) is 0 Å². The van der Waals surface area contributed by atoms with Crippen molar-refractivity contribution in [3.8, 4) is 0 Å². The van der Waals surface area contributed by atoms with E-state index in [1.807, 2.05) is 11.1 Å². The molecule has 0 spiro atoms. The summed E-state index contributed by atoms with van der Waals surface area (Å²) in [5.41, 5.74) is 4.68. The van der Waals surface area contributed by atoms with Gasteiger partial charge in [-0.05, 0) is 51.4 Å². The van der Waals surface area contributed by atoms with E-state index in [1.54, 1.807) is 0 Å². The van der Waals surface area contributed by atoms with Crippen molar-refractivity contribution >= 4 is 17.3 Å². The molecule has 1 aromatic rings. The van der Waals surface area contributed by atoms with Crippen LogP contribution in [0.4, 0.5) is 0 Å². The highest BCUT2D eigenvalue weighted by Gasteiger charge is 2.36. The van der Waals surface area contributed by atoms with Crippen molar-refractivity contribution in [2.24, 2.45) is 0 Å². The monoisotopic (exact) mass is 263 g/mol. The molecule has 1 heterocycles. The van der Waals surface area contributed by atoms with Crippen LogP contribution in [-0.2, 0) is 6.42 Å². The Kier molecular flexibility index (Phi) is 3.88. The van der Waals surface area contributed by atoms with E-state index >= 15 is 0 Å². The van der Waals surface area contributed by atoms with Crippen molar-refractivity contribution in [3.63, 3.8) is 0 Å². The first-order chi connectivity index (χ1) is 8.50. The molecule has 0 aliphatic carbocycles. The largest absolute Gasteiger partial charge is 0.342 e. The number of hydrogen-bond donors (Lipinski definition) is 2. The van der Waals surface area contributed by atoms with Gasteiger partial charge in [0, 0.05) is 6.04 Å². The van der Waals surface area contributed by atoms with Gasteiger partial charge in [0.05, 0.1) is 0 Å². The van der Waals surface area contributed by atoms with Gasteiger partial charge in [0.2, 0.25) is 0 Å². The molecular formula is C14H21N3S. The van der Waals surface area contributed by atoms with Crippen molar-refractivity contribution in [1.82, 2.24) is 15.8 Å². The molecule has 0 radical (unpaired) electrons. The van der Waals surface area contributed by atoms with E-state index < -0.39 is 0 Å². The maximum atomic E-state index is 5.35. The number of hydrogen-bond acceptors (Lipinski definition) is 2. The second-order valence-corrected chi connectivity index (χ2v) is 5.71. The molecule has 3 nitrogen and oxygen atoms in total. The third-order valence-corrected chi connectivity index (χ3v) is 3.54. The summed E-state index contributed by atoms with van der Waals surface area (Å²) in [7, 11) is 0. The van der Waals surface area contributed by atoms with Gasteiger partial charge in [0.25, 0.3) is 0 Å². The van der Waals surface area contributed by atoms with Gasteiger partial charge < -0.3 is 5.32 Å². The van der Waals surface area contributed by atoms with Crippen LogP contribution in [0.2, 0.25) is 0 Å². The van der Waals surface area contributed by atoms with E-state index in [0.717, 1.165) is 18.0 Å². The molecule has 1 fully saturated rings. The number of benzene rings is 1. The van der Waals surface area contributed by atoms with Crippen LogP contribution in [0.1, 0.15) is 32.8 Å². The van der Waals surface area contributed by atoms with E-state index in [1.165, 1.54) is 5.56 Å². The lowest BCUT2D eigenvalue weighted by Crippen LogP contribution is -2.50. The second-order valence-electron chi connectivity index (χ2n) is 5.32. The van der Waals surface area contributed by atoms with Crippen molar-refractivity contribution in [2.75, 3.05) is 0 Å². The molecule has 0 saturated carbocycles. The minimum absolute atomic E-state index is 0.142. The van der Waals surface area contributed by atoms with E-state index in [0.29, 0.717) is 6.04 Å². The zero-order valence-electron chi connectivity index (χ0n) is 11.2. The third-order valence-electron chi connectivity index (χ3n) is 3.24. The maximum Gasteiger partial charge on any atom is 0.185 e. The fraction of sp³-hybridized carbons (Fsp3) is 0.500. The van der Waals surface area contributed by atoms with Crippen LogP contribution in [0.25, 0.3) is 0 Å². The molecule has 18 heavy (non-hydrogen) atoms. The van der Waals surface area contributed by atoms with Crippen LogP contribution in [0, 0.1) is 0 Å². The Balaban J connectivity index is 1.96. The van der Waals surface area contributed by atoms with E-state index in [2.05, 4.69) is 55.8 Å². The second kappa shape index (κ2) is 5.24. The molecule has 98 valence electrons. The van der Waals surface area contributed by atoms with E-state index in [4.69, 9.17) is 12.2 Å². The number of hydrazine groups is 1. The molecule has 0 unspecified atom stereocenters. The van der Waals surface area contributed by atoms with Gasteiger partial charge >= 0.3 is 0 Å². The Labute approximate surface area is 115 Å². The Morgan fingerprint density at radius 2 is 1.94 bits per heavy atom. The molecule has 1 aromatic carbocycles. The minimum Gasteiger partial charge on any atom is -0.342 e. The lowest BCUT2D eigenvalue weighted by Gasteiger charge is -2.27. The molecule has 2 rings (SSSR count). The predicted molar refractivity (Wildman–Crippen MR) is 79.0 cm³/mol. The zero-order valence-corrected chi connectivity index (χ0v) is 12.1. The van der Waals surface area contributed by atoms with Gasteiger partial charge in [0.15, 0.2) is 5.11 Å². The van der Waals surface area contributed by atoms with Gasteiger partial charge in [-0.2, -0.15) is 0 Å². The quantitative estimate of drug-likeness (QED) is 0.816. The van der Waals surface area contributed by atoms with Crippen molar-refractivity contribution < 1.29 is 0 Å². The SMILES string of the molecule is CC(C)N1N[C@](C)(CCc2ccccc2)NC1=S. The van der Waals surface area contributed by atoms with Crippen molar-refractivity contribution in [2.45, 2.75) is 45.3 Å². The average Bonchev–Trinajstić information content (AvgIpc) is 2.65. The summed E-state index contributed by atoms with van der Waals surface area (Å²) in [6.45, 7) is 6.42. The Morgan fingerprint density at radius 1 is 1.28 bits per heavy atom. The van der Waals surface area contributed by atoms with E-state index in [-0.39, 0.29) is 5.66 Å². The molecule has 0 bridgehead atoms. The fourth-order valence-corrected chi connectivity index (χ4v) is 2.64. The van der Waals surface area contributed by atoms with Crippen LogP contribution in [0.5, 0.6) is 0 Å². The normalized spacial score (nSPS) is 23.6.